The summed E-state index contributed by atoms with van der Waals surface area (Å²) in [6.45, 7) is 7.62. The Morgan fingerprint density at radius 2 is 2.27 bits per heavy atom. The Morgan fingerprint density at radius 1 is 1.50 bits per heavy atom. The number of ether oxygens (including phenoxy) is 1. The molecule has 0 aliphatic carbocycles. The Labute approximate surface area is 160 Å². The van der Waals surface area contributed by atoms with Crippen LogP contribution >= 0.6 is 11.8 Å². The fraction of sp³-hybridized carbons (Fsp3) is 0.450. The highest BCUT2D eigenvalue weighted by Crippen LogP contribution is 2.34. The molecule has 0 bridgehead atoms. The van der Waals surface area contributed by atoms with Gasteiger partial charge in [0.15, 0.2) is 0 Å². The van der Waals surface area contributed by atoms with Crippen molar-refractivity contribution < 1.29 is 9.53 Å². The summed E-state index contributed by atoms with van der Waals surface area (Å²) in [4.78, 5) is 16.2. The SMILES string of the molecule is C=C(S/C(C(=O)NCCC1CCCN1C)=C(/C)N)c1cccc(OC)c1. The highest BCUT2D eigenvalue weighted by molar-refractivity contribution is 8.12. The highest BCUT2D eigenvalue weighted by Gasteiger charge is 2.21. The Morgan fingerprint density at radius 3 is 2.88 bits per heavy atom. The predicted molar refractivity (Wildman–Crippen MR) is 110 cm³/mol. The minimum Gasteiger partial charge on any atom is -0.497 e. The molecular weight excluding hydrogens is 346 g/mol. The number of hydrogen-bond donors (Lipinski definition) is 2. The maximum absolute atomic E-state index is 12.6. The maximum Gasteiger partial charge on any atom is 0.259 e. The van der Waals surface area contributed by atoms with Gasteiger partial charge in [0.25, 0.3) is 5.91 Å². The van der Waals surface area contributed by atoms with E-state index >= 15 is 0 Å². The zero-order chi connectivity index (χ0) is 19.1. The number of carbonyl (C=O) groups is 1. The molecular formula is C20H29N3O2S. The number of carbonyl (C=O) groups excluding carboxylic acids is 1. The van der Waals surface area contributed by atoms with Crippen molar-refractivity contribution in [2.45, 2.75) is 32.2 Å². The van der Waals surface area contributed by atoms with Crippen LogP contribution in [-0.4, -0.2) is 44.1 Å². The number of nitrogens with two attached hydrogens (primary N) is 1. The number of likely N-dealkylation sites (tertiary alicyclic amines) is 1. The molecule has 1 atom stereocenters. The summed E-state index contributed by atoms with van der Waals surface area (Å²) in [7, 11) is 3.77. The third-order valence-corrected chi connectivity index (χ3v) is 5.81. The van der Waals surface area contributed by atoms with Gasteiger partial charge in [0, 0.05) is 23.2 Å². The number of amides is 1. The first kappa shape index (κ1) is 20.4. The van der Waals surface area contributed by atoms with Gasteiger partial charge in [0.05, 0.1) is 12.0 Å². The van der Waals surface area contributed by atoms with E-state index in [-0.39, 0.29) is 5.91 Å². The van der Waals surface area contributed by atoms with Crippen LogP contribution in [0.25, 0.3) is 4.91 Å². The minimum absolute atomic E-state index is 0.139. The number of allylic oxidation sites excluding steroid dienone is 1. The molecule has 5 nitrogen and oxygen atoms in total. The number of nitrogens with one attached hydrogen (secondary N) is 1. The molecule has 3 N–H and O–H groups in total. The number of benzene rings is 1. The van der Waals surface area contributed by atoms with Crippen molar-refractivity contribution in [3.05, 3.63) is 47.0 Å². The van der Waals surface area contributed by atoms with Crippen LogP contribution in [0.1, 0.15) is 31.7 Å². The first-order valence-electron chi connectivity index (χ1n) is 8.88. The van der Waals surface area contributed by atoms with Gasteiger partial charge >= 0.3 is 0 Å². The highest BCUT2D eigenvalue weighted by atomic mass is 32.2. The lowest BCUT2D eigenvalue weighted by Crippen LogP contribution is -2.32. The topological polar surface area (TPSA) is 67.6 Å². The van der Waals surface area contributed by atoms with E-state index < -0.39 is 0 Å². The molecule has 1 saturated heterocycles. The lowest BCUT2D eigenvalue weighted by Gasteiger charge is -2.19. The van der Waals surface area contributed by atoms with Crippen molar-refractivity contribution in [2.75, 3.05) is 27.2 Å². The molecule has 0 aromatic heterocycles. The van der Waals surface area contributed by atoms with Crippen molar-refractivity contribution >= 4 is 22.6 Å². The Balaban J connectivity index is 1.94. The van der Waals surface area contributed by atoms with Gasteiger partial charge in [-0.2, -0.15) is 0 Å². The Bertz CT molecular complexity index is 683. The molecule has 1 amide bonds. The van der Waals surface area contributed by atoms with Crippen LogP contribution in [0.4, 0.5) is 0 Å². The van der Waals surface area contributed by atoms with Gasteiger partial charge in [0.1, 0.15) is 5.75 Å². The molecule has 1 heterocycles. The van der Waals surface area contributed by atoms with Gasteiger partial charge < -0.3 is 20.7 Å². The lowest BCUT2D eigenvalue weighted by atomic mass is 10.1. The molecule has 1 fully saturated rings. The molecule has 1 aromatic rings. The van der Waals surface area contributed by atoms with E-state index in [0.29, 0.717) is 23.2 Å². The predicted octanol–water partition coefficient (Wildman–Crippen LogP) is 3.19. The zero-order valence-electron chi connectivity index (χ0n) is 15.9. The Hall–Kier alpha value is -1.92. The van der Waals surface area contributed by atoms with E-state index in [0.717, 1.165) is 29.2 Å². The molecule has 1 unspecified atom stereocenters. The molecule has 0 radical (unpaired) electrons. The van der Waals surface area contributed by atoms with Gasteiger partial charge in [-0.1, -0.05) is 30.5 Å². The van der Waals surface area contributed by atoms with Crippen molar-refractivity contribution in [1.82, 2.24) is 10.2 Å². The molecule has 0 saturated carbocycles. The smallest absolute Gasteiger partial charge is 0.259 e. The number of hydrogen-bond acceptors (Lipinski definition) is 5. The van der Waals surface area contributed by atoms with Gasteiger partial charge in [0.2, 0.25) is 0 Å². The zero-order valence-corrected chi connectivity index (χ0v) is 16.7. The fourth-order valence-electron chi connectivity index (χ4n) is 3.06. The molecule has 6 heteroatoms. The second-order valence-corrected chi connectivity index (χ2v) is 7.70. The normalized spacial score (nSPS) is 18.3. The van der Waals surface area contributed by atoms with Gasteiger partial charge in [-0.15, -0.1) is 0 Å². The van der Waals surface area contributed by atoms with E-state index in [1.165, 1.54) is 24.6 Å². The standard InChI is InChI=1S/C20H29N3O2S/c1-14(21)19(20(24)22-11-10-17-8-6-12-23(17)3)26-15(2)16-7-5-9-18(13-16)25-4/h5,7,9,13,17H,2,6,8,10-12,21H2,1,3-4H3,(H,22,24)/b19-14-. The van der Waals surface area contributed by atoms with Gasteiger partial charge in [-0.25, -0.2) is 0 Å². The van der Waals surface area contributed by atoms with E-state index in [1.54, 1.807) is 14.0 Å². The molecule has 0 spiro atoms. The number of methoxy groups -OCH3 is 1. The first-order valence-corrected chi connectivity index (χ1v) is 9.70. The quantitative estimate of drug-likeness (QED) is 0.683. The number of rotatable bonds is 8. The lowest BCUT2D eigenvalue weighted by molar-refractivity contribution is -0.116. The second-order valence-electron chi connectivity index (χ2n) is 6.59. The fourth-order valence-corrected chi connectivity index (χ4v) is 3.88. The van der Waals surface area contributed by atoms with Crippen LogP contribution in [0.2, 0.25) is 0 Å². The van der Waals surface area contributed by atoms with Gasteiger partial charge in [-0.05, 0) is 57.5 Å². The summed E-state index contributed by atoms with van der Waals surface area (Å²) in [6.07, 6.45) is 3.39. The van der Waals surface area contributed by atoms with Crippen molar-refractivity contribution in [1.29, 1.82) is 0 Å². The number of nitrogens with zero attached hydrogens (tertiary/aromatic N) is 1. The van der Waals surface area contributed by atoms with Crippen LogP contribution in [0, 0.1) is 0 Å². The molecule has 1 aliphatic rings. The molecule has 2 rings (SSSR count). The third-order valence-electron chi connectivity index (χ3n) is 4.62. The summed E-state index contributed by atoms with van der Waals surface area (Å²) in [5.74, 6) is 0.615. The summed E-state index contributed by atoms with van der Waals surface area (Å²) in [5, 5.41) is 3.00. The summed E-state index contributed by atoms with van der Waals surface area (Å²) in [6, 6.07) is 8.17. The average molecular weight is 376 g/mol. The third kappa shape index (κ3) is 5.54. The molecule has 26 heavy (non-hydrogen) atoms. The minimum atomic E-state index is -0.139. The molecule has 1 aliphatic heterocycles. The number of thioether (sulfide) groups is 1. The summed E-state index contributed by atoms with van der Waals surface area (Å²) >= 11 is 1.30. The monoisotopic (exact) mass is 375 g/mol. The summed E-state index contributed by atoms with van der Waals surface area (Å²) < 4.78 is 5.25. The maximum atomic E-state index is 12.6. The average Bonchev–Trinajstić information content (AvgIpc) is 3.04. The van der Waals surface area contributed by atoms with E-state index in [4.69, 9.17) is 10.5 Å². The van der Waals surface area contributed by atoms with E-state index in [1.807, 2.05) is 24.3 Å². The largest absolute Gasteiger partial charge is 0.497 e. The van der Waals surface area contributed by atoms with Crippen LogP contribution in [0.15, 0.2) is 41.4 Å². The van der Waals surface area contributed by atoms with Gasteiger partial charge in [-0.3, -0.25) is 4.79 Å². The van der Waals surface area contributed by atoms with E-state index in [9.17, 15) is 4.79 Å². The molecule has 1 aromatic carbocycles. The van der Waals surface area contributed by atoms with Crippen LogP contribution in [-0.2, 0) is 4.79 Å². The Kier molecular flexibility index (Phi) is 7.60. The van der Waals surface area contributed by atoms with Crippen LogP contribution in [0.5, 0.6) is 5.75 Å². The van der Waals surface area contributed by atoms with Crippen LogP contribution < -0.4 is 15.8 Å². The van der Waals surface area contributed by atoms with Crippen LogP contribution in [0.3, 0.4) is 0 Å². The second kappa shape index (κ2) is 9.69. The molecule has 142 valence electrons. The van der Waals surface area contributed by atoms with Crippen molar-refractivity contribution in [2.24, 2.45) is 5.73 Å². The van der Waals surface area contributed by atoms with E-state index in [2.05, 4.69) is 23.8 Å². The summed E-state index contributed by atoms with van der Waals surface area (Å²) in [5.41, 5.74) is 7.37. The first-order chi connectivity index (χ1) is 12.4. The van der Waals surface area contributed by atoms with Crippen molar-refractivity contribution in [3.8, 4) is 5.75 Å². The van der Waals surface area contributed by atoms with Crippen molar-refractivity contribution in [3.63, 3.8) is 0 Å².